The molecule has 1 nitrogen and oxygen atoms in total. The van der Waals surface area contributed by atoms with E-state index < -0.39 is 0 Å². The van der Waals surface area contributed by atoms with Gasteiger partial charge in [0.25, 0.3) is 0 Å². The molecule has 0 aliphatic heterocycles. The molecule has 0 atom stereocenters. The molecular formula is C63H43NS. The first kappa shape index (κ1) is 37.7. The van der Waals surface area contributed by atoms with Crippen LogP contribution in [0.5, 0.6) is 0 Å². The maximum absolute atomic E-state index is 2.48. The summed E-state index contributed by atoms with van der Waals surface area (Å²) in [6, 6.07) is 83.9. The lowest BCUT2D eigenvalue weighted by Crippen LogP contribution is -2.16. The first-order chi connectivity index (χ1) is 32.0. The molecule has 0 saturated carbocycles. The van der Waals surface area contributed by atoms with Gasteiger partial charge in [0.05, 0.1) is 0 Å². The second-order valence-electron chi connectivity index (χ2n) is 18.0. The van der Waals surface area contributed by atoms with Crippen LogP contribution in [0.2, 0.25) is 0 Å². The summed E-state index contributed by atoms with van der Waals surface area (Å²) in [5, 5.41) is 14.9. The fourth-order valence-corrected chi connectivity index (χ4v) is 12.0. The lowest BCUT2D eigenvalue weighted by Gasteiger charge is -2.28. The molecule has 2 heteroatoms. The number of fused-ring (bicyclic) bond motifs is 16. The summed E-state index contributed by atoms with van der Waals surface area (Å²) in [5.74, 6) is 0. The van der Waals surface area contributed by atoms with Crippen LogP contribution in [0, 0.1) is 0 Å². The highest BCUT2D eigenvalue weighted by atomic mass is 32.1. The van der Waals surface area contributed by atoms with Gasteiger partial charge in [-0.15, -0.1) is 11.3 Å². The Morgan fingerprint density at radius 2 is 0.754 bits per heavy atom. The zero-order valence-electron chi connectivity index (χ0n) is 36.2. The molecule has 65 heavy (non-hydrogen) atoms. The molecule has 1 aromatic heterocycles. The molecule has 0 amide bonds. The van der Waals surface area contributed by atoms with Crippen molar-refractivity contribution in [1.29, 1.82) is 0 Å². The van der Waals surface area contributed by atoms with Gasteiger partial charge in [0, 0.05) is 42.6 Å². The Hall–Kier alpha value is -7.78. The third kappa shape index (κ3) is 5.91. The van der Waals surface area contributed by atoms with Crippen LogP contribution in [0.4, 0.5) is 17.1 Å². The quantitative estimate of drug-likeness (QED) is 0.171. The lowest BCUT2D eigenvalue weighted by atomic mass is 9.82. The molecular weight excluding hydrogens is 803 g/mol. The zero-order chi connectivity index (χ0) is 43.2. The molecule has 0 unspecified atom stereocenters. The molecule has 306 valence electrons. The lowest BCUT2D eigenvalue weighted by molar-refractivity contribution is 0.660. The van der Waals surface area contributed by atoms with Gasteiger partial charge in [0.1, 0.15) is 0 Å². The molecule has 0 bridgehead atoms. The van der Waals surface area contributed by atoms with Crippen molar-refractivity contribution in [3.8, 4) is 22.3 Å². The van der Waals surface area contributed by atoms with Crippen LogP contribution in [-0.4, -0.2) is 0 Å². The van der Waals surface area contributed by atoms with E-state index >= 15 is 0 Å². The highest BCUT2D eigenvalue weighted by Gasteiger charge is 2.35. The van der Waals surface area contributed by atoms with E-state index in [1.807, 2.05) is 11.3 Å². The highest BCUT2D eigenvalue weighted by Crippen LogP contribution is 2.51. The van der Waals surface area contributed by atoms with E-state index in [1.165, 1.54) is 107 Å². The number of rotatable bonds is 4. The maximum Gasteiger partial charge on any atom is 0.0468 e. The van der Waals surface area contributed by atoms with E-state index in [0.717, 1.165) is 17.1 Å². The van der Waals surface area contributed by atoms with E-state index in [4.69, 9.17) is 0 Å². The molecule has 11 aromatic carbocycles. The Balaban J connectivity index is 1.16. The summed E-state index contributed by atoms with van der Waals surface area (Å²) in [6.07, 6.45) is 0. The van der Waals surface area contributed by atoms with Crippen LogP contribution in [-0.2, 0) is 5.41 Å². The molecule has 0 N–H and O–H groups in total. The second kappa shape index (κ2) is 14.6. The SMILES string of the molecule is CC1(C)c2ccccc2-c2ccc(N(c3ccc(-c4ccccc4)cc3)c3ccc4c(c3)c3ccccc3c3ccccc3c3ccccc3c3cc5sc6ccccc6c5cc43)cc21. The second-order valence-corrected chi connectivity index (χ2v) is 19.1. The summed E-state index contributed by atoms with van der Waals surface area (Å²) in [4.78, 5) is 2.47. The molecule has 0 radical (unpaired) electrons. The van der Waals surface area contributed by atoms with Gasteiger partial charge < -0.3 is 4.90 Å². The first-order valence-corrected chi connectivity index (χ1v) is 23.4. The fourth-order valence-electron chi connectivity index (χ4n) is 10.9. The van der Waals surface area contributed by atoms with Gasteiger partial charge in [-0.2, -0.15) is 0 Å². The van der Waals surface area contributed by atoms with Crippen molar-refractivity contribution in [2.45, 2.75) is 19.3 Å². The van der Waals surface area contributed by atoms with Crippen molar-refractivity contribution in [3.63, 3.8) is 0 Å². The molecule has 0 fully saturated rings. The van der Waals surface area contributed by atoms with Crippen molar-refractivity contribution < 1.29 is 0 Å². The van der Waals surface area contributed by atoms with Crippen LogP contribution in [0.15, 0.2) is 224 Å². The minimum absolute atomic E-state index is 0.142. The van der Waals surface area contributed by atoms with Gasteiger partial charge in [-0.3, -0.25) is 0 Å². The standard InChI is InChI=1S/C63H43NS/c1-63(2)59-26-14-12-24-52(59)53-35-33-44(37-60(53)63)64(42-30-28-41(29-31-42)40-16-4-3-5-17-40)43-32-34-51-55(36-43)49-22-10-8-20-47(49)45-18-6-7-19-46(45)48-21-9-11-23-50(48)57-39-62-58(38-56(51)57)54-25-13-15-27-61(54)65-62/h3-39H,1-2H3. The van der Waals surface area contributed by atoms with Crippen molar-refractivity contribution in [1.82, 2.24) is 0 Å². The average Bonchev–Trinajstić information content (AvgIpc) is 3.84. The van der Waals surface area contributed by atoms with E-state index in [0.29, 0.717) is 0 Å². The summed E-state index contributed by atoms with van der Waals surface area (Å²) < 4.78 is 2.61. The predicted molar refractivity (Wildman–Crippen MR) is 282 cm³/mol. The number of hydrogen-bond acceptors (Lipinski definition) is 2. The predicted octanol–water partition coefficient (Wildman–Crippen LogP) is 18.4. The molecule has 1 aliphatic rings. The van der Waals surface area contributed by atoms with Crippen molar-refractivity contribution >= 4 is 102 Å². The third-order valence-corrected chi connectivity index (χ3v) is 15.2. The number of nitrogens with zero attached hydrogens (tertiary/aromatic N) is 1. The van der Waals surface area contributed by atoms with E-state index in [9.17, 15) is 0 Å². The monoisotopic (exact) mass is 845 g/mol. The van der Waals surface area contributed by atoms with Gasteiger partial charge in [-0.1, -0.05) is 184 Å². The van der Waals surface area contributed by atoms with Crippen LogP contribution >= 0.6 is 11.3 Å². The third-order valence-electron chi connectivity index (χ3n) is 14.1. The Kier molecular flexibility index (Phi) is 8.50. The fraction of sp³-hybridized carbons (Fsp3) is 0.0476. The number of hydrogen-bond donors (Lipinski definition) is 0. The first-order valence-electron chi connectivity index (χ1n) is 22.6. The summed E-state index contributed by atoms with van der Waals surface area (Å²) in [6.45, 7) is 4.74. The van der Waals surface area contributed by atoms with Gasteiger partial charge >= 0.3 is 0 Å². The van der Waals surface area contributed by atoms with Crippen LogP contribution in [0.25, 0.3) is 96.3 Å². The van der Waals surface area contributed by atoms with Gasteiger partial charge in [-0.05, 0) is 142 Å². The van der Waals surface area contributed by atoms with Crippen molar-refractivity contribution in [3.05, 3.63) is 236 Å². The normalized spacial score (nSPS) is 12.9. The molecule has 0 saturated heterocycles. The Morgan fingerprint density at radius 3 is 1.43 bits per heavy atom. The number of benzene rings is 10. The Labute approximate surface area is 382 Å². The minimum Gasteiger partial charge on any atom is -0.310 e. The van der Waals surface area contributed by atoms with E-state index in [1.54, 1.807) is 0 Å². The van der Waals surface area contributed by atoms with Crippen LogP contribution in [0.3, 0.4) is 0 Å². The topological polar surface area (TPSA) is 3.24 Å². The highest BCUT2D eigenvalue weighted by molar-refractivity contribution is 7.25. The van der Waals surface area contributed by atoms with E-state index in [-0.39, 0.29) is 5.41 Å². The van der Waals surface area contributed by atoms with Gasteiger partial charge in [0.2, 0.25) is 0 Å². The minimum atomic E-state index is -0.142. The largest absolute Gasteiger partial charge is 0.310 e. The van der Waals surface area contributed by atoms with Crippen molar-refractivity contribution in [2.75, 3.05) is 4.90 Å². The number of anilines is 3. The summed E-state index contributed by atoms with van der Waals surface area (Å²) in [7, 11) is 0. The van der Waals surface area contributed by atoms with E-state index in [2.05, 4.69) is 243 Å². The molecule has 1 heterocycles. The molecule has 1 aliphatic carbocycles. The number of thiophene rings is 1. The average molecular weight is 846 g/mol. The summed E-state index contributed by atoms with van der Waals surface area (Å²) >= 11 is 1.88. The van der Waals surface area contributed by atoms with Gasteiger partial charge in [-0.25, -0.2) is 0 Å². The Bertz CT molecular complexity index is 3970. The molecule has 0 spiro atoms. The van der Waals surface area contributed by atoms with Crippen LogP contribution in [0.1, 0.15) is 25.0 Å². The Morgan fingerprint density at radius 1 is 0.292 bits per heavy atom. The summed E-state index contributed by atoms with van der Waals surface area (Å²) in [5.41, 5.74) is 11.0. The molecule has 13 rings (SSSR count). The zero-order valence-corrected chi connectivity index (χ0v) is 37.0. The maximum atomic E-state index is 2.48. The smallest absolute Gasteiger partial charge is 0.0468 e. The van der Waals surface area contributed by atoms with Crippen LogP contribution < -0.4 is 4.90 Å². The van der Waals surface area contributed by atoms with Gasteiger partial charge in [0.15, 0.2) is 0 Å². The molecule has 12 aromatic rings. The van der Waals surface area contributed by atoms with Crippen molar-refractivity contribution in [2.24, 2.45) is 0 Å².